The quantitative estimate of drug-likeness (QED) is 0.282. The van der Waals surface area contributed by atoms with Crippen LogP contribution in [0.4, 0.5) is 5.82 Å². The van der Waals surface area contributed by atoms with Crippen LogP contribution < -0.4 is 15.8 Å². The molecule has 2 saturated carbocycles. The van der Waals surface area contributed by atoms with E-state index in [9.17, 15) is 4.79 Å². The standard InChI is InChI=1S/C27H28N6O3/c1-29-25(33-23-15-30-16-24(32-23)36-20-8-9-20)21(13-28)22-10-5-18(14-31-22)17-3-6-19(7-4-17)27(11-12-27)26(34)35-2/h3-7,10,13-16,20H,8-9,11-12,28H2,1-2H3,(H,29,32,33). The lowest BCUT2D eigenvalue weighted by atomic mass is 9.94. The average Bonchev–Trinajstić information content (AvgIpc) is 3.85. The zero-order valence-electron chi connectivity index (χ0n) is 20.3. The van der Waals surface area contributed by atoms with E-state index in [4.69, 9.17) is 15.2 Å². The van der Waals surface area contributed by atoms with Gasteiger partial charge in [-0.05, 0) is 42.9 Å². The summed E-state index contributed by atoms with van der Waals surface area (Å²) in [5.41, 5.74) is 9.71. The summed E-state index contributed by atoms with van der Waals surface area (Å²) in [6.07, 6.45) is 10.4. The first-order valence-electron chi connectivity index (χ1n) is 11.9. The molecule has 0 bridgehead atoms. The summed E-state index contributed by atoms with van der Waals surface area (Å²) in [5.74, 6) is 1.32. The molecule has 2 aliphatic rings. The Labute approximate surface area is 209 Å². The highest BCUT2D eigenvalue weighted by atomic mass is 16.5. The summed E-state index contributed by atoms with van der Waals surface area (Å²) in [7, 11) is 3.10. The Hall–Kier alpha value is -4.27. The average molecular weight is 485 g/mol. The summed E-state index contributed by atoms with van der Waals surface area (Å²) in [6, 6.07) is 11.9. The number of nitrogens with one attached hydrogen (secondary N) is 1. The monoisotopic (exact) mass is 484 g/mol. The molecule has 3 aromatic rings. The molecule has 1 aromatic carbocycles. The molecule has 2 aromatic heterocycles. The molecule has 3 N–H and O–H groups in total. The molecule has 0 amide bonds. The van der Waals surface area contributed by atoms with Crippen molar-refractivity contribution in [1.82, 2.24) is 15.0 Å². The van der Waals surface area contributed by atoms with Gasteiger partial charge in [-0.15, -0.1) is 0 Å². The SMILES string of the molecule is CN=C(Nc1cncc(OC2CC2)n1)C(=CN)c1ccc(-c2ccc(C3(C(=O)OC)CC3)cc2)cn1. The van der Waals surface area contributed by atoms with Gasteiger partial charge in [-0.3, -0.25) is 19.8 Å². The number of hydrogen-bond donors (Lipinski definition) is 2. The van der Waals surface area contributed by atoms with Gasteiger partial charge >= 0.3 is 5.97 Å². The lowest BCUT2D eigenvalue weighted by Crippen LogP contribution is -2.21. The molecular weight excluding hydrogens is 456 g/mol. The second-order valence-corrected chi connectivity index (χ2v) is 8.92. The molecular formula is C27H28N6O3. The van der Waals surface area contributed by atoms with Gasteiger partial charge in [0.2, 0.25) is 5.88 Å². The molecule has 36 heavy (non-hydrogen) atoms. The number of esters is 1. The van der Waals surface area contributed by atoms with E-state index in [0.29, 0.717) is 28.8 Å². The lowest BCUT2D eigenvalue weighted by molar-refractivity contribution is -0.143. The maximum absolute atomic E-state index is 12.2. The fraction of sp³-hybridized carbons (Fsp3) is 0.296. The zero-order chi connectivity index (χ0) is 25.1. The molecule has 2 fully saturated rings. The molecule has 0 radical (unpaired) electrons. The van der Waals surface area contributed by atoms with Crippen LogP contribution in [0, 0.1) is 0 Å². The smallest absolute Gasteiger partial charge is 0.316 e. The van der Waals surface area contributed by atoms with E-state index >= 15 is 0 Å². The van der Waals surface area contributed by atoms with Gasteiger partial charge in [-0.2, -0.15) is 4.98 Å². The van der Waals surface area contributed by atoms with Crippen molar-refractivity contribution in [3.8, 4) is 17.0 Å². The highest BCUT2D eigenvalue weighted by molar-refractivity contribution is 6.27. The van der Waals surface area contributed by atoms with Gasteiger partial charge < -0.3 is 20.5 Å². The van der Waals surface area contributed by atoms with Crippen LogP contribution >= 0.6 is 0 Å². The second-order valence-electron chi connectivity index (χ2n) is 8.92. The van der Waals surface area contributed by atoms with Crippen molar-refractivity contribution in [2.45, 2.75) is 37.2 Å². The molecule has 2 aliphatic carbocycles. The topological polar surface area (TPSA) is 125 Å². The molecule has 0 saturated heterocycles. The van der Waals surface area contributed by atoms with E-state index < -0.39 is 5.41 Å². The minimum Gasteiger partial charge on any atom is -0.473 e. The van der Waals surface area contributed by atoms with E-state index in [1.807, 2.05) is 36.4 Å². The number of amidine groups is 1. The normalized spacial score (nSPS) is 16.8. The Morgan fingerprint density at radius 1 is 1.11 bits per heavy atom. The molecule has 5 rings (SSSR count). The van der Waals surface area contributed by atoms with Crippen molar-refractivity contribution >= 4 is 23.2 Å². The Balaban J connectivity index is 1.30. The van der Waals surface area contributed by atoms with E-state index in [2.05, 4.69) is 25.3 Å². The summed E-state index contributed by atoms with van der Waals surface area (Å²) >= 11 is 0. The van der Waals surface area contributed by atoms with Gasteiger partial charge in [0.15, 0.2) is 5.82 Å². The number of benzene rings is 1. The van der Waals surface area contributed by atoms with Gasteiger partial charge in [0.25, 0.3) is 0 Å². The predicted molar refractivity (Wildman–Crippen MR) is 137 cm³/mol. The van der Waals surface area contributed by atoms with Gasteiger partial charge in [-0.1, -0.05) is 30.3 Å². The Morgan fingerprint density at radius 2 is 1.86 bits per heavy atom. The third kappa shape index (κ3) is 4.77. The number of aliphatic imine (C=N–C) groups is 1. The fourth-order valence-corrected chi connectivity index (χ4v) is 4.11. The van der Waals surface area contributed by atoms with Crippen molar-refractivity contribution in [3.05, 3.63) is 72.4 Å². The van der Waals surface area contributed by atoms with Gasteiger partial charge in [-0.25, -0.2) is 0 Å². The first-order valence-corrected chi connectivity index (χ1v) is 11.9. The highest BCUT2D eigenvalue weighted by Crippen LogP contribution is 2.49. The molecule has 0 unspecified atom stereocenters. The number of nitrogens with two attached hydrogens (primary N) is 1. The first kappa shape index (κ1) is 23.5. The van der Waals surface area contributed by atoms with Crippen molar-refractivity contribution in [1.29, 1.82) is 0 Å². The Bertz CT molecular complexity index is 1310. The maximum Gasteiger partial charge on any atom is 0.316 e. The van der Waals surface area contributed by atoms with E-state index in [1.165, 1.54) is 13.3 Å². The number of methoxy groups -OCH3 is 1. The first-order chi connectivity index (χ1) is 17.6. The maximum atomic E-state index is 12.2. The molecule has 0 aliphatic heterocycles. The van der Waals surface area contributed by atoms with Crippen molar-refractivity contribution in [2.24, 2.45) is 10.7 Å². The lowest BCUT2D eigenvalue weighted by Gasteiger charge is -2.14. The number of nitrogens with zero attached hydrogens (tertiary/aromatic N) is 4. The van der Waals surface area contributed by atoms with Gasteiger partial charge in [0, 0.05) is 25.0 Å². The summed E-state index contributed by atoms with van der Waals surface area (Å²) in [5, 5.41) is 3.17. The van der Waals surface area contributed by atoms with Crippen molar-refractivity contribution in [2.75, 3.05) is 19.5 Å². The van der Waals surface area contributed by atoms with Crippen LogP contribution in [0.25, 0.3) is 16.7 Å². The number of anilines is 1. The molecule has 2 heterocycles. The minimum absolute atomic E-state index is 0.169. The molecule has 0 spiro atoms. The predicted octanol–water partition coefficient (Wildman–Crippen LogP) is 3.72. The summed E-state index contributed by atoms with van der Waals surface area (Å²) in [4.78, 5) is 29.8. The van der Waals surface area contributed by atoms with Gasteiger partial charge in [0.05, 0.1) is 36.2 Å². The minimum atomic E-state index is -0.479. The number of carbonyl (C=O) groups is 1. The fourth-order valence-electron chi connectivity index (χ4n) is 4.11. The number of ether oxygens (including phenoxy) is 2. The largest absolute Gasteiger partial charge is 0.473 e. The molecule has 9 heteroatoms. The van der Waals surface area contributed by atoms with Crippen LogP contribution in [0.15, 0.2) is 66.2 Å². The Morgan fingerprint density at radius 3 is 2.44 bits per heavy atom. The zero-order valence-corrected chi connectivity index (χ0v) is 20.3. The molecule has 184 valence electrons. The number of hydrogen-bond acceptors (Lipinski definition) is 8. The van der Waals surface area contributed by atoms with Gasteiger partial charge in [0.1, 0.15) is 11.9 Å². The van der Waals surface area contributed by atoms with Crippen molar-refractivity contribution in [3.63, 3.8) is 0 Å². The third-order valence-electron chi connectivity index (χ3n) is 6.45. The Kier molecular flexibility index (Phi) is 6.37. The molecule has 9 nitrogen and oxygen atoms in total. The van der Waals surface area contributed by atoms with Crippen LogP contribution in [0.3, 0.4) is 0 Å². The van der Waals surface area contributed by atoms with E-state index in [-0.39, 0.29) is 12.1 Å². The number of rotatable bonds is 8. The summed E-state index contributed by atoms with van der Waals surface area (Å²) in [6.45, 7) is 0. The van der Waals surface area contributed by atoms with E-state index in [1.54, 1.807) is 25.6 Å². The van der Waals surface area contributed by atoms with E-state index in [0.717, 1.165) is 42.4 Å². The van der Waals surface area contributed by atoms with Crippen LogP contribution in [0.1, 0.15) is 36.9 Å². The molecule has 0 atom stereocenters. The third-order valence-corrected chi connectivity index (χ3v) is 6.45. The van der Waals surface area contributed by atoms with Crippen LogP contribution in [0.5, 0.6) is 5.88 Å². The summed E-state index contributed by atoms with van der Waals surface area (Å²) < 4.78 is 10.7. The number of carbonyl (C=O) groups excluding carboxylic acids is 1. The van der Waals surface area contributed by atoms with Crippen LogP contribution in [-0.2, 0) is 14.9 Å². The van der Waals surface area contributed by atoms with Crippen molar-refractivity contribution < 1.29 is 14.3 Å². The van der Waals surface area contributed by atoms with Crippen LogP contribution in [-0.4, -0.2) is 47.0 Å². The number of pyridine rings is 1. The number of aromatic nitrogens is 3. The highest BCUT2D eigenvalue weighted by Gasteiger charge is 2.52. The second kappa shape index (κ2) is 9.77. The van der Waals surface area contributed by atoms with Crippen LogP contribution in [0.2, 0.25) is 0 Å².